The van der Waals surface area contributed by atoms with Gasteiger partial charge in [-0.3, -0.25) is 4.40 Å². The van der Waals surface area contributed by atoms with E-state index in [0.29, 0.717) is 17.7 Å². The summed E-state index contributed by atoms with van der Waals surface area (Å²) in [5.74, 6) is 2.55. The van der Waals surface area contributed by atoms with Gasteiger partial charge in [0.05, 0.1) is 5.69 Å². The Morgan fingerprint density at radius 2 is 1.95 bits per heavy atom. The summed E-state index contributed by atoms with van der Waals surface area (Å²) >= 11 is 0. The van der Waals surface area contributed by atoms with Crippen LogP contribution in [-0.4, -0.2) is 25.9 Å². The van der Waals surface area contributed by atoms with Crippen LogP contribution in [-0.2, 0) is 12.8 Å². The largest absolute Gasteiger partial charge is 0.389 e. The van der Waals surface area contributed by atoms with Crippen LogP contribution in [0.2, 0.25) is 0 Å². The van der Waals surface area contributed by atoms with E-state index in [1.807, 2.05) is 20.0 Å². The normalized spacial score (nSPS) is 18.3. The van der Waals surface area contributed by atoms with Crippen LogP contribution in [0.25, 0.3) is 23.0 Å². The van der Waals surface area contributed by atoms with Gasteiger partial charge in [-0.25, -0.2) is 9.97 Å². The molecule has 1 saturated carbocycles. The van der Waals surface area contributed by atoms with Crippen molar-refractivity contribution in [1.82, 2.24) is 24.7 Å². The van der Waals surface area contributed by atoms with Gasteiger partial charge in [0.2, 0.25) is 0 Å². The molecule has 204 valence electrons. The molecular formula is C33H42N6. The topological polar surface area (TPSA) is 84.0 Å². The van der Waals surface area contributed by atoms with Gasteiger partial charge in [-0.05, 0) is 80.6 Å². The highest BCUT2D eigenvalue weighted by Gasteiger charge is 2.29. The second-order valence-electron chi connectivity index (χ2n) is 10.5. The third kappa shape index (κ3) is 5.80. The SMILES string of the molecule is C=C(NCCCc1ccccc1)C1CCC(c2nc(-c3cc4c([nH]3)C=CCC4)c3c(N)nccn23)CC1.CC. The van der Waals surface area contributed by atoms with E-state index in [1.54, 1.807) is 6.20 Å². The first kappa shape index (κ1) is 26.8. The molecule has 0 saturated heterocycles. The summed E-state index contributed by atoms with van der Waals surface area (Å²) in [6.45, 7) is 9.37. The number of anilines is 1. The fourth-order valence-electron chi connectivity index (χ4n) is 6.03. The van der Waals surface area contributed by atoms with Crippen molar-refractivity contribution >= 4 is 17.4 Å². The molecule has 1 fully saturated rings. The van der Waals surface area contributed by atoms with Gasteiger partial charge in [-0.1, -0.05) is 56.8 Å². The summed E-state index contributed by atoms with van der Waals surface area (Å²) in [5.41, 5.74) is 14.4. The third-order valence-corrected chi connectivity index (χ3v) is 8.09. The molecule has 0 bridgehead atoms. The van der Waals surface area contributed by atoms with E-state index in [0.717, 1.165) is 80.6 Å². The number of fused-ring (bicyclic) bond motifs is 2. The van der Waals surface area contributed by atoms with Gasteiger partial charge in [-0.2, -0.15) is 0 Å². The summed E-state index contributed by atoms with van der Waals surface area (Å²) < 4.78 is 2.18. The number of hydrogen-bond acceptors (Lipinski definition) is 4. The molecule has 0 unspecified atom stereocenters. The van der Waals surface area contributed by atoms with Crippen LogP contribution < -0.4 is 11.1 Å². The van der Waals surface area contributed by atoms with Crippen molar-refractivity contribution in [2.24, 2.45) is 5.92 Å². The molecule has 1 aromatic carbocycles. The van der Waals surface area contributed by atoms with Gasteiger partial charge in [0.15, 0.2) is 0 Å². The van der Waals surface area contributed by atoms with E-state index in [1.165, 1.54) is 22.5 Å². The van der Waals surface area contributed by atoms with Crippen molar-refractivity contribution in [3.63, 3.8) is 0 Å². The van der Waals surface area contributed by atoms with Gasteiger partial charge in [0.1, 0.15) is 22.9 Å². The molecule has 0 aliphatic heterocycles. The zero-order chi connectivity index (χ0) is 27.2. The Hall–Kier alpha value is -3.80. The first-order valence-electron chi connectivity index (χ1n) is 14.6. The second kappa shape index (κ2) is 12.4. The number of rotatable bonds is 8. The number of aromatic nitrogens is 4. The number of nitrogens with one attached hydrogen (secondary N) is 2. The molecule has 6 heteroatoms. The molecule has 3 heterocycles. The first-order valence-corrected chi connectivity index (χ1v) is 14.6. The van der Waals surface area contributed by atoms with Crippen molar-refractivity contribution in [2.75, 3.05) is 12.3 Å². The molecule has 0 spiro atoms. The molecule has 2 aliphatic carbocycles. The maximum absolute atomic E-state index is 6.40. The number of aryl methyl sites for hydroxylation is 2. The van der Waals surface area contributed by atoms with Crippen LogP contribution >= 0.6 is 0 Å². The van der Waals surface area contributed by atoms with Crippen molar-refractivity contribution in [2.45, 2.75) is 71.1 Å². The number of nitrogens with two attached hydrogens (primary N) is 1. The van der Waals surface area contributed by atoms with Crippen LogP contribution in [0.1, 0.15) is 80.9 Å². The summed E-state index contributed by atoms with van der Waals surface area (Å²) in [7, 11) is 0. The molecule has 0 atom stereocenters. The Bertz CT molecular complexity index is 1420. The maximum atomic E-state index is 6.40. The fourth-order valence-corrected chi connectivity index (χ4v) is 6.03. The van der Waals surface area contributed by atoms with E-state index in [2.05, 4.69) is 74.8 Å². The lowest BCUT2D eigenvalue weighted by Gasteiger charge is -2.29. The lowest BCUT2D eigenvalue weighted by molar-refractivity contribution is 0.342. The second-order valence-corrected chi connectivity index (χ2v) is 10.5. The molecule has 3 aromatic heterocycles. The summed E-state index contributed by atoms with van der Waals surface area (Å²) in [6.07, 6.45) is 17.0. The zero-order valence-corrected chi connectivity index (χ0v) is 23.4. The summed E-state index contributed by atoms with van der Waals surface area (Å²) in [5, 5.41) is 3.61. The standard InChI is InChI=1S/C31H36N6.C2H6/c1-21(33-17-7-10-22-8-3-2-4-9-22)23-13-15-24(16-14-23)31-36-28(29-30(32)34-18-19-37(29)31)27-20-25-11-5-6-12-26(25)35-27;1-2/h2-4,6,8-9,12,18-20,23-24,33,35H,1,5,7,10-11,13-17H2,(H2,32,34);1-2H3. The number of nitrogen functional groups attached to an aromatic ring is 1. The van der Waals surface area contributed by atoms with Gasteiger partial charge in [0.25, 0.3) is 0 Å². The van der Waals surface area contributed by atoms with E-state index >= 15 is 0 Å². The first-order chi connectivity index (χ1) is 19.2. The lowest BCUT2D eigenvalue weighted by Crippen LogP contribution is -2.25. The Morgan fingerprint density at radius 3 is 2.72 bits per heavy atom. The van der Waals surface area contributed by atoms with Crippen LogP contribution in [0.5, 0.6) is 0 Å². The molecule has 2 aliphatic rings. The molecular weight excluding hydrogens is 480 g/mol. The Kier molecular flexibility index (Phi) is 8.50. The van der Waals surface area contributed by atoms with Crippen LogP contribution in [0.4, 0.5) is 5.82 Å². The molecule has 4 N–H and O–H groups in total. The smallest absolute Gasteiger partial charge is 0.150 e. The lowest BCUT2D eigenvalue weighted by atomic mass is 9.80. The monoisotopic (exact) mass is 522 g/mol. The van der Waals surface area contributed by atoms with Crippen molar-refractivity contribution < 1.29 is 0 Å². The van der Waals surface area contributed by atoms with E-state index in [-0.39, 0.29) is 0 Å². The van der Waals surface area contributed by atoms with Crippen molar-refractivity contribution in [3.05, 3.63) is 89.8 Å². The molecule has 39 heavy (non-hydrogen) atoms. The van der Waals surface area contributed by atoms with Crippen molar-refractivity contribution in [1.29, 1.82) is 0 Å². The minimum atomic E-state index is 0.398. The average Bonchev–Trinajstić information content (AvgIpc) is 3.60. The summed E-state index contributed by atoms with van der Waals surface area (Å²) in [6, 6.07) is 12.9. The molecule has 6 nitrogen and oxygen atoms in total. The predicted octanol–water partition coefficient (Wildman–Crippen LogP) is 7.30. The predicted molar refractivity (Wildman–Crippen MR) is 162 cm³/mol. The van der Waals surface area contributed by atoms with E-state index in [9.17, 15) is 0 Å². The third-order valence-electron chi connectivity index (χ3n) is 8.09. The van der Waals surface area contributed by atoms with Gasteiger partial charge >= 0.3 is 0 Å². The average molecular weight is 523 g/mol. The highest BCUT2D eigenvalue weighted by Crippen LogP contribution is 2.40. The van der Waals surface area contributed by atoms with Crippen LogP contribution in [0, 0.1) is 5.92 Å². The van der Waals surface area contributed by atoms with Gasteiger partial charge in [-0.15, -0.1) is 0 Å². The minimum absolute atomic E-state index is 0.398. The highest BCUT2D eigenvalue weighted by molar-refractivity contribution is 5.85. The number of H-pyrrole nitrogens is 1. The highest BCUT2D eigenvalue weighted by atomic mass is 15.1. The number of hydrogen-bond donors (Lipinski definition) is 3. The quantitative estimate of drug-likeness (QED) is 0.212. The fraction of sp³-hybridized carbons (Fsp3) is 0.394. The molecule has 4 aromatic rings. The molecule has 0 amide bonds. The number of allylic oxidation sites excluding steroid dienone is 2. The summed E-state index contributed by atoms with van der Waals surface area (Å²) in [4.78, 5) is 13.2. The van der Waals surface area contributed by atoms with Gasteiger partial charge in [0, 0.05) is 36.2 Å². The number of benzene rings is 1. The number of imidazole rings is 1. The number of aromatic amines is 1. The Morgan fingerprint density at radius 1 is 1.15 bits per heavy atom. The van der Waals surface area contributed by atoms with E-state index < -0.39 is 0 Å². The van der Waals surface area contributed by atoms with Crippen LogP contribution in [0.15, 0.2) is 67.1 Å². The van der Waals surface area contributed by atoms with Crippen molar-refractivity contribution in [3.8, 4) is 11.4 Å². The van der Waals surface area contributed by atoms with Gasteiger partial charge < -0.3 is 16.0 Å². The van der Waals surface area contributed by atoms with E-state index in [4.69, 9.17) is 10.7 Å². The minimum Gasteiger partial charge on any atom is -0.389 e. The maximum Gasteiger partial charge on any atom is 0.150 e. The zero-order valence-electron chi connectivity index (χ0n) is 23.4. The molecule has 6 rings (SSSR count). The van der Waals surface area contributed by atoms with Crippen LogP contribution in [0.3, 0.4) is 0 Å². The number of nitrogens with zero attached hydrogens (tertiary/aromatic N) is 3. The Labute approximate surface area is 232 Å². The Balaban J connectivity index is 0.00000151. The molecule has 0 radical (unpaired) electrons.